The third-order valence-corrected chi connectivity index (χ3v) is 3.34. The van der Waals surface area contributed by atoms with Crippen LogP contribution in [0.3, 0.4) is 0 Å². The van der Waals surface area contributed by atoms with Crippen molar-refractivity contribution in [1.82, 2.24) is 0 Å². The van der Waals surface area contributed by atoms with E-state index in [0.717, 1.165) is 4.47 Å². The molecule has 19 heavy (non-hydrogen) atoms. The van der Waals surface area contributed by atoms with Gasteiger partial charge in [-0.05, 0) is 44.2 Å². The summed E-state index contributed by atoms with van der Waals surface area (Å²) < 4.78 is 20.5. The van der Waals surface area contributed by atoms with Crippen molar-refractivity contribution in [3.8, 4) is 16.9 Å². The minimum atomic E-state index is -0.329. The minimum Gasteiger partial charge on any atom is -0.490 e. The molecule has 0 radical (unpaired) electrons. The number of rotatable bonds is 3. The second-order valence-corrected chi connectivity index (χ2v) is 5.73. The molecule has 0 aliphatic heterocycles. The largest absolute Gasteiger partial charge is 0.490 e. The Morgan fingerprint density at radius 2 is 1.95 bits per heavy atom. The van der Waals surface area contributed by atoms with Crippen LogP contribution in [0.4, 0.5) is 4.39 Å². The van der Waals surface area contributed by atoms with Crippen LogP contribution >= 0.6 is 27.5 Å². The van der Waals surface area contributed by atoms with E-state index in [1.165, 1.54) is 6.07 Å². The summed E-state index contributed by atoms with van der Waals surface area (Å²) in [6, 6.07) is 10.1. The van der Waals surface area contributed by atoms with E-state index in [2.05, 4.69) is 15.9 Å². The van der Waals surface area contributed by atoms with Crippen LogP contribution in [-0.4, -0.2) is 6.10 Å². The second-order valence-electron chi connectivity index (χ2n) is 4.40. The highest BCUT2D eigenvalue weighted by Gasteiger charge is 2.16. The topological polar surface area (TPSA) is 9.23 Å². The average Bonchev–Trinajstić information content (AvgIpc) is 2.32. The quantitative estimate of drug-likeness (QED) is 0.695. The fourth-order valence-corrected chi connectivity index (χ4v) is 2.44. The highest BCUT2D eigenvalue weighted by Crippen LogP contribution is 2.39. The predicted octanol–water partition coefficient (Wildman–Crippen LogP) is 5.70. The number of halogens is 3. The molecule has 0 heterocycles. The monoisotopic (exact) mass is 342 g/mol. The van der Waals surface area contributed by atoms with Gasteiger partial charge in [-0.1, -0.05) is 33.6 Å². The highest BCUT2D eigenvalue weighted by molar-refractivity contribution is 9.10. The van der Waals surface area contributed by atoms with E-state index in [1.54, 1.807) is 30.3 Å². The molecule has 0 fully saturated rings. The van der Waals surface area contributed by atoms with Crippen LogP contribution in [0.5, 0.6) is 5.75 Å². The third kappa shape index (κ3) is 3.28. The molecule has 0 atom stereocenters. The van der Waals surface area contributed by atoms with Gasteiger partial charge in [0.1, 0.15) is 11.6 Å². The number of hydrogen-bond donors (Lipinski definition) is 0. The fraction of sp³-hybridized carbons (Fsp3) is 0.200. The lowest BCUT2D eigenvalue weighted by atomic mass is 10.0. The molecule has 0 amide bonds. The molecule has 0 spiro atoms. The van der Waals surface area contributed by atoms with Crippen molar-refractivity contribution >= 4 is 27.5 Å². The van der Waals surface area contributed by atoms with E-state index in [9.17, 15) is 4.39 Å². The van der Waals surface area contributed by atoms with E-state index in [-0.39, 0.29) is 11.9 Å². The van der Waals surface area contributed by atoms with Gasteiger partial charge in [0.2, 0.25) is 0 Å². The Morgan fingerprint density at radius 3 is 2.63 bits per heavy atom. The van der Waals surface area contributed by atoms with E-state index in [4.69, 9.17) is 16.3 Å². The van der Waals surface area contributed by atoms with Crippen LogP contribution < -0.4 is 4.74 Å². The summed E-state index contributed by atoms with van der Waals surface area (Å²) in [6.07, 6.45) is -0.00701. The second kappa shape index (κ2) is 5.93. The Labute approximate surface area is 125 Å². The Balaban J connectivity index is 2.63. The van der Waals surface area contributed by atoms with Crippen molar-refractivity contribution in [3.63, 3.8) is 0 Å². The van der Waals surface area contributed by atoms with Gasteiger partial charge in [0.05, 0.1) is 11.1 Å². The molecule has 2 rings (SSSR count). The number of hydrogen-bond acceptors (Lipinski definition) is 1. The Morgan fingerprint density at radius 1 is 1.21 bits per heavy atom. The van der Waals surface area contributed by atoms with Gasteiger partial charge in [-0.15, -0.1) is 0 Å². The van der Waals surface area contributed by atoms with E-state index >= 15 is 0 Å². The smallest absolute Gasteiger partial charge is 0.131 e. The van der Waals surface area contributed by atoms with E-state index in [1.807, 2.05) is 13.8 Å². The van der Waals surface area contributed by atoms with Gasteiger partial charge < -0.3 is 4.74 Å². The summed E-state index contributed by atoms with van der Waals surface area (Å²) >= 11 is 9.55. The summed E-state index contributed by atoms with van der Waals surface area (Å²) in [5, 5.41) is 0.468. The lowest BCUT2D eigenvalue weighted by Crippen LogP contribution is -2.06. The molecule has 0 aromatic heterocycles. The van der Waals surface area contributed by atoms with Crippen molar-refractivity contribution in [1.29, 1.82) is 0 Å². The first-order valence-electron chi connectivity index (χ1n) is 5.89. The molecule has 0 unspecified atom stereocenters. The molecule has 0 bridgehead atoms. The molecule has 0 aliphatic rings. The van der Waals surface area contributed by atoms with Gasteiger partial charge in [-0.2, -0.15) is 0 Å². The number of benzene rings is 2. The third-order valence-electron chi connectivity index (χ3n) is 2.54. The Hall–Kier alpha value is -1.06. The number of ether oxygens (including phenoxy) is 1. The zero-order valence-electron chi connectivity index (χ0n) is 10.6. The van der Waals surface area contributed by atoms with Crippen LogP contribution in [0.25, 0.3) is 11.1 Å². The molecule has 2 aromatic rings. The molecule has 0 aliphatic carbocycles. The van der Waals surface area contributed by atoms with Gasteiger partial charge in [0.25, 0.3) is 0 Å². The first-order valence-corrected chi connectivity index (χ1v) is 7.06. The highest BCUT2D eigenvalue weighted by atomic mass is 79.9. The molecule has 0 N–H and O–H groups in total. The first-order chi connectivity index (χ1) is 8.99. The lowest BCUT2D eigenvalue weighted by Gasteiger charge is -2.16. The van der Waals surface area contributed by atoms with Crippen molar-refractivity contribution in [2.75, 3.05) is 0 Å². The molecule has 2 aromatic carbocycles. The lowest BCUT2D eigenvalue weighted by molar-refractivity contribution is 0.243. The molecule has 4 heteroatoms. The van der Waals surface area contributed by atoms with Crippen molar-refractivity contribution in [3.05, 3.63) is 51.7 Å². The Bertz CT molecular complexity index is 599. The summed E-state index contributed by atoms with van der Waals surface area (Å²) in [7, 11) is 0. The molecule has 100 valence electrons. The molecule has 0 saturated carbocycles. The fourth-order valence-electron chi connectivity index (χ4n) is 1.81. The maximum Gasteiger partial charge on any atom is 0.131 e. The van der Waals surface area contributed by atoms with Gasteiger partial charge in [-0.25, -0.2) is 4.39 Å². The average molecular weight is 344 g/mol. The SMILES string of the molecule is CC(C)Oc1cccc(Cl)c1-c1cc(Br)ccc1F. The van der Waals surface area contributed by atoms with Crippen LogP contribution in [0.1, 0.15) is 13.8 Å². The van der Waals surface area contributed by atoms with Crippen LogP contribution in [-0.2, 0) is 0 Å². The van der Waals surface area contributed by atoms with Crippen molar-refractivity contribution in [2.24, 2.45) is 0 Å². The minimum absolute atomic E-state index is 0.00701. The summed E-state index contributed by atoms with van der Waals surface area (Å²) in [6.45, 7) is 3.84. The molecular weight excluding hydrogens is 331 g/mol. The zero-order chi connectivity index (χ0) is 14.0. The van der Waals surface area contributed by atoms with E-state index in [0.29, 0.717) is 21.9 Å². The maximum absolute atomic E-state index is 14.0. The molecule has 0 saturated heterocycles. The molecular formula is C15H13BrClFO. The van der Waals surface area contributed by atoms with Gasteiger partial charge >= 0.3 is 0 Å². The van der Waals surface area contributed by atoms with Crippen LogP contribution in [0.15, 0.2) is 40.9 Å². The molecule has 1 nitrogen and oxygen atoms in total. The van der Waals surface area contributed by atoms with Gasteiger partial charge in [-0.3, -0.25) is 0 Å². The maximum atomic E-state index is 14.0. The summed E-state index contributed by atoms with van der Waals surface area (Å²) in [4.78, 5) is 0. The Kier molecular flexibility index (Phi) is 4.48. The van der Waals surface area contributed by atoms with Gasteiger partial charge in [0, 0.05) is 15.6 Å². The summed E-state index contributed by atoms with van der Waals surface area (Å²) in [5.41, 5.74) is 1.01. The zero-order valence-corrected chi connectivity index (χ0v) is 12.9. The normalized spacial score (nSPS) is 10.8. The van der Waals surface area contributed by atoms with Crippen molar-refractivity contribution < 1.29 is 9.13 Å². The first kappa shape index (κ1) is 14.4. The van der Waals surface area contributed by atoms with Crippen LogP contribution in [0, 0.1) is 5.82 Å². The van der Waals surface area contributed by atoms with E-state index < -0.39 is 0 Å². The van der Waals surface area contributed by atoms with Gasteiger partial charge in [0.15, 0.2) is 0 Å². The van der Waals surface area contributed by atoms with Crippen molar-refractivity contribution in [2.45, 2.75) is 20.0 Å². The predicted molar refractivity (Wildman–Crippen MR) is 80.3 cm³/mol. The summed E-state index contributed by atoms with van der Waals surface area (Å²) in [5.74, 6) is 0.254. The standard InChI is InChI=1S/C15H13BrClFO/c1-9(2)19-14-5-3-4-12(17)15(14)11-8-10(16)6-7-13(11)18/h3-9H,1-2H3. The van der Waals surface area contributed by atoms with Crippen LogP contribution in [0.2, 0.25) is 5.02 Å².